The molecule has 0 spiro atoms. The van der Waals surface area contributed by atoms with Crippen LogP contribution in [0.2, 0.25) is 0 Å². The molecule has 118 valence electrons. The van der Waals surface area contributed by atoms with E-state index >= 15 is 0 Å². The van der Waals surface area contributed by atoms with E-state index in [1.54, 1.807) is 0 Å². The van der Waals surface area contributed by atoms with Gasteiger partial charge in [0.1, 0.15) is 6.04 Å². The van der Waals surface area contributed by atoms with Crippen molar-refractivity contribution < 1.29 is 22.0 Å². The molecule has 1 rings (SSSR count). The van der Waals surface area contributed by atoms with Crippen molar-refractivity contribution in [1.29, 1.82) is 0 Å². The number of carbonyl (C=O) groups excluding carboxylic acids is 1. The minimum atomic E-state index is -3.70. The monoisotopic (exact) mass is 320 g/mol. The summed E-state index contributed by atoms with van der Waals surface area (Å²) in [5, 5.41) is 2.29. The SMILES string of the molecule is CCCCS(=O)(=O)N[C@@H](C(=O)NC)c1ccc(F)c(F)c1. The molecule has 5 nitrogen and oxygen atoms in total. The van der Waals surface area contributed by atoms with Gasteiger partial charge in [-0.2, -0.15) is 4.72 Å². The van der Waals surface area contributed by atoms with Crippen LogP contribution in [0.3, 0.4) is 0 Å². The van der Waals surface area contributed by atoms with E-state index in [2.05, 4.69) is 10.0 Å². The Morgan fingerprint density at radius 3 is 2.48 bits per heavy atom. The zero-order chi connectivity index (χ0) is 16.0. The number of amides is 1. The molecule has 0 aliphatic heterocycles. The van der Waals surface area contributed by atoms with Crippen LogP contribution in [-0.4, -0.2) is 27.1 Å². The van der Waals surface area contributed by atoms with Gasteiger partial charge in [-0.1, -0.05) is 19.4 Å². The van der Waals surface area contributed by atoms with Gasteiger partial charge >= 0.3 is 0 Å². The molecule has 0 aliphatic carbocycles. The first kappa shape index (κ1) is 17.5. The third-order valence-corrected chi connectivity index (χ3v) is 4.27. The first-order chi connectivity index (χ1) is 9.80. The highest BCUT2D eigenvalue weighted by molar-refractivity contribution is 7.89. The molecule has 1 amide bonds. The lowest BCUT2D eigenvalue weighted by atomic mass is 10.1. The van der Waals surface area contributed by atoms with Crippen molar-refractivity contribution >= 4 is 15.9 Å². The van der Waals surface area contributed by atoms with Gasteiger partial charge in [-0.05, 0) is 24.1 Å². The molecule has 1 atom stereocenters. The summed E-state index contributed by atoms with van der Waals surface area (Å²) in [4.78, 5) is 11.8. The highest BCUT2D eigenvalue weighted by atomic mass is 32.2. The van der Waals surface area contributed by atoms with Gasteiger partial charge < -0.3 is 5.32 Å². The molecule has 0 bridgehead atoms. The third kappa shape index (κ3) is 5.05. The lowest BCUT2D eigenvalue weighted by Gasteiger charge is -2.18. The van der Waals surface area contributed by atoms with Crippen LogP contribution in [0, 0.1) is 11.6 Å². The summed E-state index contributed by atoms with van der Waals surface area (Å²) < 4.78 is 52.2. The van der Waals surface area contributed by atoms with Crippen molar-refractivity contribution in [2.45, 2.75) is 25.8 Å². The minimum Gasteiger partial charge on any atom is -0.357 e. The Bertz CT molecular complexity index is 605. The van der Waals surface area contributed by atoms with E-state index in [0.717, 1.165) is 12.1 Å². The molecule has 0 unspecified atom stereocenters. The zero-order valence-corrected chi connectivity index (χ0v) is 12.6. The van der Waals surface area contributed by atoms with Gasteiger partial charge in [0.25, 0.3) is 0 Å². The molecule has 0 heterocycles. The van der Waals surface area contributed by atoms with Crippen LogP contribution in [0.25, 0.3) is 0 Å². The van der Waals surface area contributed by atoms with E-state index in [9.17, 15) is 22.0 Å². The molecule has 1 aromatic rings. The molecule has 0 aliphatic rings. The maximum absolute atomic E-state index is 13.3. The van der Waals surface area contributed by atoms with Crippen LogP contribution in [0.5, 0.6) is 0 Å². The van der Waals surface area contributed by atoms with E-state index < -0.39 is 33.6 Å². The van der Waals surface area contributed by atoms with E-state index in [1.165, 1.54) is 13.1 Å². The number of likely N-dealkylation sites (N-methyl/N-ethyl adjacent to an activating group) is 1. The van der Waals surface area contributed by atoms with E-state index in [1.807, 2.05) is 6.92 Å². The second-order valence-electron chi connectivity index (χ2n) is 4.51. The van der Waals surface area contributed by atoms with Gasteiger partial charge in [-0.25, -0.2) is 17.2 Å². The minimum absolute atomic E-state index is 0.0355. The second kappa shape index (κ2) is 7.46. The fourth-order valence-corrected chi connectivity index (χ4v) is 3.07. The van der Waals surface area contributed by atoms with E-state index in [-0.39, 0.29) is 11.3 Å². The van der Waals surface area contributed by atoms with Crippen molar-refractivity contribution in [2.24, 2.45) is 0 Å². The lowest BCUT2D eigenvalue weighted by Crippen LogP contribution is -2.40. The number of hydrogen-bond donors (Lipinski definition) is 2. The molecule has 21 heavy (non-hydrogen) atoms. The van der Waals surface area contributed by atoms with Gasteiger partial charge in [0.2, 0.25) is 15.9 Å². The molecule has 1 aromatic carbocycles. The predicted octanol–water partition coefficient (Wildman–Crippen LogP) is 1.47. The highest BCUT2D eigenvalue weighted by Crippen LogP contribution is 2.18. The van der Waals surface area contributed by atoms with E-state index in [0.29, 0.717) is 12.8 Å². The van der Waals surface area contributed by atoms with Crippen molar-refractivity contribution in [2.75, 3.05) is 12.8 Å². The van der Waals surface area contributed by atoms with Crippen molar-refractivity contribution in [3.8, 4) is 0 Å². The predicted molar refractivity (Wildman–Crippen MR) is 75.0 cm³/mol. The molecule has 0 saturated carbocycles. The summed E-state index contributed by atoms with van der Waals surface area (Å²) in [5.74, 6) is -3.00. The number of unbranched alkanes of at least 4 members (excludes halogenated alkanes) is 1. The van der Waals surface area contributed by atoms with Crippen molar-refractivity contribution in [1.82, 2.24) is 10.0 Å². The van der Waals surface area contributed by atoms with Crippen molar-refractivity contribution in [3.05, 3.63) is 35.4 Å². The standard InChI is InChI=1S/C13H18F2N2O3S/c1-3-4-7-21(19,20)17-12(13(18)16-2)9-5-6-10(14)11(15)8-9/h5-6,8,12,17H,3-4,7H2,1-2H3,(H,16,18)/t12-/m1/s1. The van der Waals surface area contributed by atoms with Crippen LogP contribution in [0.1, 0.15) is 31.4 Å². The largest absolute Gasteiger partial charge is 0.357 e. The third-order valence-electron chi connectivity index (χ3n) is 2.85. The number of halogens is 2. The average Bonchev–Trinajstić information content (AvgIpc) is 2.45. The zero-order valence-electron chi connectivity index (χ0n) is 11.8. The van der Waals surface area contributed by atoms with Gasteiger partial charge in [-0.15, -0.1) is 0 Å². The number of benzene rings is 1. The lowest BCUT2D eigenvalue weighted by molar-refractivity contribution is -0.122. The Balaban J connectivity index is 3.06. The topological polar surface area (TPSA) is 75.3 Å². The molecule has 0 saturated heterocycles. The Morgan fingerprint density at radius 1 is 1.29 bits per heavy atom. The van der Waals surface area contributed by atoms with Gasteiger partial charge in [0.15, 0.2) is 11.6 Å². The number of hydrogen-bond acceptors (Lipinski definition) is 3. The Hall–Kier alpha value is -1.54. The van der Waals surface area contributed by atoms with Gasteiger partial charge in [0.05, 0.1) is 5.75 Å². The van der Waals surface area contributed by atoms with Crippen LogP contribution in [0.4, 0.5) is 8.78 Å². The molecule has 0 aromatic heterocycles. The maximum atomic E-state index is 13.3. The van der Waals surface area contributed by atoms with Gasteiger partial charge in [0, 0.05) is 7.05 Å². The summed E-state index contributed by atoms with van der Waals surface area (Å²) in [6.45, 7) is 1.83. The van der Waals surface area contributed by atoms with Crippen molar-refractivity contribution in [3.63, 3.8) is 0 Å². The Kier molecular flexibility index (Phi) is 6.22. The first-order valence-electron chi connectivity index (χ1n) is 6.47. The highest BCUT2D eigenvalue weighted by Gasteiger charge is 2.25. The maximum Gasteiger partial charge on any atom is 0.242 e. The summed E-state index contributed by atoms with van der Waals surface area (Å²) in [6, 6.07) is 1.52. The quantitative estimate of drug-likeness (QED) is 0.799. The summed E-state index contributed by atoms with van der Waals surface area (Å²) in [6.07, 6.45) is 1.12. The summed E-state index contributed by atoms with van der Waals surface area (Å²) in [7, 11) is -2.37. The number of rotatable bonds is 7. The smallest absolute Gasteiger partial charge is 0.242 e. The van der Waals surface area contributed by atoms with Gasteiger partial charge in [-0.3, -0.25) is 4.79 Å². The molecular weight excluding hydrogens is 302 g/mol. The average molecular weight is 320 g/mol. The summed E-state index contributed by atoms with van der Waals surface area (Å²) in [5.41, 5.74) is 0.0355. The number of nitrogens with one attached hydrogen (secondary N) is 2. The van der Waals surface area contributed by atoms with E-state index in [4.69, 9.17) is 0 Å². The Labute approximate surface area is 122 Å². The first-order valence-corrected chi connectivity index (χ1v) is 8.12. The molecule has 2 N–H and O–H groups in total. The molecular formula is C13H18F2N2O3S. The van der Waals surface area contributed by atoms with Crippen LogP contribution in [0.15, 0.2) is 18.2 Å². The molecule has 0 fully saturated rings. The molecule has 8 heteroatoms. The van der Waals surface area contributed by atoms with Crippen LogP contribution in [-0.2, 0) is 14.8 Å². The fraction of sp³-hybridized carbons (Fsp3) is 0.462. The second-order valence-corrected chi connectivity index (χ2v) is 6.38. The molecule has 0 radical (unpaired) electrons. The fourth-order valence-electron chi connectivity index (χ4n) is 1.68. The summed E-state index contributed by atoms with van der Waals surface area (Å²) >= 11 is 0. The number of carbonyl (C=O) groups is 1. The van der Waals surface area contributed by atoms with Crippen LogP contribution < -0.4 is 10.0 Å². The Morgan fingerprint density at radius 2 is 1.95 bits per heavy atom. The normalized spacial score (nSPS) is 13.0. The number of sulfonamides is 1. The van der Waals surface area contributed by atoms with Crippen LogP contribution >= 0.6 is 0 Å².